The molecule has 0 spiro atoms. The molecule has 2 rings (SSSR count). The Labute approximate surface area is 172 Å². The molecule has 0 radical (unpaired) electrons. The SMILES string of the molecule is CCOc1ccc(S(=O)(=O)NCCC(=O)NCC2CCN(S(C)(=O)=O)CC2)cc1. The molecule has 1 amide bonds. The van der Waals surface area contributed by atoms with Crippen LogP contribution in [0.1, 0.15) is 26.2 Å². The largest absolute Gasteiger partial charge is 0.494 e. The zero-order valence-corrected chi connectivity index (χ0v) is 18.4. The van der Waals surface area contributed by atoms with Gasteiger partial charge in [0.2, 0.25) is 26.0 Å². The van der Waals surface area contributed by atoms with Crippen molar-refractivity contribution in [1.82, 2.24) is 14.3 Å². The van der Waals surface area contributed by atoms with E-state index in [-0.39, 0.29) is 29.7 Å². The lowest BCUT2D eigenvalue weighted by Gasteiger charge is -2.30. The molecule has 1 aliphatic rings. The molecule has 1 fully saturated rings. The second-order valence-electron chi connectivity index (χ2n) is 6.96. The Kier molecular flexibility index (Phi) is 8.44. The van der Waals surface area contributed by atoms with Crippen molar-refractivity contribution < 1.29 is 26.4 Å². The topological polar surface area (TPSA) is 122 Å². The number of rotatable bonds is 10. The number of nitrogens with zero attached hydrogens (tertiary/aromatic N) is 1. The van der Waals surface area contributed by atoms with Gasteiger partial charge in [0.1, 0.15) is 5.75 Å². The van der Waals surface area contributed by atoms with Gasteiger partial charge in [0, 0.05) is 32.6 Å². The summed E-state index contributed by atoms with van der Waals surface area (Å²) in [5, 5.41) is 2.80. The van der Waals surface area contributed by atoms with Crippen LogP contribution in [0.25, 0.3) is 0 Å². The van der Waals surface area contributed by atoms with Crippen LogP contribution in [-0.4, -0.2) is 66.1 Å². The lowest BCUT2D eigenvalue weighted by Crippen LogP contribution is -2.41. The van der Waals surface area contributed by atoms with E-state index in [9.17, 15) is 21.6 Å². The van der Waals surface area contributed by atoms with E-state index in [1.165, 1.54) is 22.7 Å². The van der Waals surface area contributed by atoms with Gasteiger partial charge in [-0.05, 0) is 49.9 Å². The number of hydrogen-bond donors (Lipinski definition) is 2. The second-order valence-corrected chi connectivity index (χ2v) is 10.7. The van der Waals surface area contributed by atoms with Crippen LogP contribution in [0.15, 0.2) is 29.2 Å². The Morgan fingerprint density at radius 3 is 2.31 bits per heavy atom. The first-order valence-electron chi connectivity index (χ1n) is 9.56. The summed E-state index contributed by atoms with van der Waals surface area (Å²) in [5.41, 5.74) is 0. The summed E-state index contributed by atoms with van der Waals surface area (Å²) in [4.78, 5) is 12.1. The molecule has 0 aliphatic carbocycles. The number of hydrogen-bond acceptors (Lipinski definition) is 6. The molecule has 0 unspecified atom stereocenters. The second kappa shape index (κ2) is 10.4. The van der Waals surface area contributed by atoms with Crippen LogP contribution in [-0.2, 0) is 24.8 Å². The first-order valence-corrected chi connectivity index (χ1v) is 12.9. The molecule has 0 saturated carbocycles. The molecule has 2 N–H and O–H groups in total. The number of carbonyl (C=O) groups is 1. The summed E-state index contributed by atoms with van der Waals surface area (Å²) in [6.07, 6.45) is 2.61. The maximum absolute atomic E-state index is 12.3. The highest BCUT2D eigenvalue weighted by Crippen LogP contribution is 2.18. The molecule has 1 heterocycles. The number of benzene rings is 1. The highest BCUT2D eigenvalue weighted by atomic mass is 32.2. The average Bonchev–Trinajstić information content (AvgIpc) is 2.66. The van der Waals surface area contributed by atoms with Gasteiger partial charge in [-0.2, -0.15) is 0 Å². The van der Waals surface area contributed by atoms with Crippen molar-refractivity contribution in [3.8, 4) is 5.75 Å². The molecule has 29 heavy (non-hydrogen) atoms. The highest BCUT2D eigenvalue weighted by Gasteiger charge is 2.25. The van der Waals surface area contributed by atoms with E-state index >= 15 is 0 Å². The molecule has 164 valence electrons. The fourth-order valence-corrected chi connectivity index (χ4v) is 4.96. The van der Waals surface area contributed by atoms with Crippen molar-refractivity contribution in [2.45, 2.75) is 31.1 Å². The van der Waals surface area contributed by atoms with Crippen molar-refractivity contribution in [3.05, 3.63) is 24.3 Å². The molecule has 11 heteroatoms. The molecule has 0 bridgehead atoms. The van der Waals surface area contributed by atoms with Gasteiger partial charge in [-0.15, -0.1) is 0 Å². The molecule has 9 nitrogen and oxygen atoms in total. The molecular weight excluding hydrogens is 418 g/mol. The normalized spacial score (nSPS) is 16.5. The third-order valence-corrected chi connectivity index (χ3v) is 7.50. The van der Waals surface area contributed by atoms with Crippen LogP contribution in [0.4, 0.5) is 0 Å². The summed E-state index contributed by atoms with van der Waals surface area (Å²) in [6, 6.07) is 6.08. The van der Waals surface area contributed by atoms with Crippen molar-refractivity contribution in [2.75, 3.05) is 39.0 Å². The lowest BCUT2D eigenvalue weighted by molar-refractivity contribution is -0.121. The third kappa shape index (κ3) is 7.57. The maximum atomic E-state index is 12.3. The van der Waals surface area contributed by atoms with Crippen LogP contribution in [0.3, 0.4) is 0 Å². The summed E-state index contributed by atoms with van der Waals surface area (Å²) >= 11 is 0. The van der Waals surface area contributed by atoms with E-state index in [4.69, 9.17) is 4.74 Å². The van der Waals surface area contributed by atoms with Gasteiger partial charge in [0.25, 0.3) is 0 Å². The smallest absolute Gasteiger partial charge is 0.240 e. The average molecular weight is 448 g/mol. The monoisotopic (exact) mass is 447 g/mol. The van der Waals surface area contributed by atoms with Crippen LogP contribution in [0, 0.1) is 5.92 Å². The van der Waals surface area contributed by atoms with Crippen LogP contribution < -0.4 is 14.8 Å². The van der Waals surface area contributed by atoms with Gasteiger partial charge in [-0.25, -0.2) is 25.9 Å². The van der Waals surface area contributed by atoms with Gasteiger partial charge < -0.3 is 10.1 Å². The van der Waals surface area contributed by atoms with E-state index in [0.29, 0.717) is 44.8 Å². The van der Waals surface area contributed by atoms with E-state index < -0.39 is 20.0 Å². The standard InChI is InChI=1S/C18H29N3O6S2/c1-3-27-16-4-6-17(7-5-16)29(25,26)20-11-8-18(22)19-14-15-9-12-21(13-10-15)28(2,23)24/h4-7,15,20H,3,8-14H2,1-2H3,(H,19,22). The van der Waals surface area contributed by atoms with Gasteiger partial charge >= 0.3 is 0 Å². The first kappa shape index (κ1) is 23.6. The number of amides is 1. The van der Waals surface area contributed by atoms with Crippen molar-refractivity contribution in [1.29, 1.82) is 0 Å². The number of ether oxygens (including phenoxy) is 1. The van der Waals surface area contributed by atoms with E-state index in [1.54, 1.807) is 12.1 Å². The summed E-state index contributed by atoms with van der Waals surface area (Å²) < 4.78 is 56.7. The Balaban J connectivity index is 1.70. The van der Waals surface area contributed by atoms with E-state index in [1.807, 2.05) is 6.92 Å². The van der Waals surface area contributed by atoms with Crippen LogP contribution in [0.2, 0.25) is 0 Å². The molecule has 0 aromatic heterocycles. The summed E-state index contributed by atoms with van der Waals surface area (Å²) in [5.74, 6) is 0.565. The molecule has 1 saturated heterocycles. The molecule has 1 aliphatic heterocycles. The Morgan fingerprint density at radius 2 is 1.76 bits per heavy atom. The number of carbonyl (C=O) groups excluding carboxylic acids is 1. The molecular formula is C18H29N3O6S2. The van der Waals surface area contributed by atoms with Gasteiger partial charge in [-0.3, -0.25) is 4.79 Å². The van der Waals surface area contributed by atoms with Crippen molar-refractivity contribution in [3.63, 3.8) is 0 Å². The van der Waals surface area contributed by atoms with Crippen LogP contribution >= 0.6 is 0 Å². The van der Waals surface area contributed by atoms with Gasteiger partial charge in [-0.1, -0.05) is 0 Å². The molecule has 1 aromatic carbocycles. The van der Waals surface area contributed by atoms with Crippen molar-refractivity contribution in [2.24, 2.45) is 5.92 Å². The summed E-state index contributed by atoms with van der Waals surface area (Å²) in [7, 11) is -6.85. The fraction of sp³-hybridized carbons (Fsp3) is 0.611. The maximum Gasteiger partial charge on any atom is 0.240 e. The minimum absolute atomic E-state index is 0.00605. The highest BCUT2D eigenvalue weighted by molar-refractivity contribution is 7.89. The van der Waals surface area contributed by atoms with Crippen molar-refractivity contribution >= 4 is 26.0 Å². The number of piperidine rings is 1. The predicted molar refractivity (Wildman–Crippen MR) is 110 cm³/mol. The Morgan fingerprint density at radius 1 is 1.14 bits per heavy atom. The van der Waals surface area contributed by atoms with E-state index in [0.717, 1.165) is 0 Å². The minimum atomic E-state index is -3.69. The zero-order chi connectivity index (χ0) is 21.5. The summed E-state index contributed by atoms with van der Waals surface area (Å²) in [6.45, 7) is 3.71. The first-order chi connectivity index (χ1) is 13.6. The number of sulfonamides is 2. The minimum Gasteiger partial charge on any atom is -0.494 e. The molecule has 0 atom stereocenters. The third-order valence-electron chi connectivity index (χ3n) is 4.72. The van der Waals surface area contributed by atoms with Gasteiger partial charge in [0.15, 0.2) is 0 Å². The van der Waals surface area contributed by atoms with E-state index in [2.05, 4.69) is 10.0 Å². The molecule has 1 aromatic rings. The number of nitrogens with one attached hydrogen (secondary N) is 2. The fourth-order valence-electron chi connectivity index (χ4n) is 3.06. The van der Waals surface area contributed by atoms with Crippen LogP contribution in [0.5, 0.6) is 5.75 Å². The lowest BCUT2D eigenvalue weighted by atomic mass is 9.98. The van der Waals surface area contributed by atoms with Gasteiger partial charge in [0.05, 0.1) is 17.8 Å². The Hall–Kier alpha value is -1.69. The quantitative estimate of drug-likeness (QED) is 0.540. The predicted octanol–water partition coefficient (Wildman–Crippen LogP) is 0.542. The Bertz CT molecular complexity index is 877. The zero-order valence-electron chi connectivity index (χ0n) is 16.8.